The summed E-state index contributed by atoms with van der Waals surface area (Å²) >= 11 is 0. The van der Waals surface area contributed by atoms with Crippen molar-refractivity contribution in [3.8, 4) is 0 Å². The van der Waals surface area contributed by atoms with Crippen molar-refractivity contribution in [3.05, 3.63) is 42.0 Å². The number of nitrogens with zero attached hydrogens (tertiary/aromatic N) is 7. The summed E-state index contributed by atoms with van der Waals surface area (Å²) in [6, 6.07) is 0.285. The summed E-state index contributed by atoms with van der Waals surface area (Å²) in [7, 11) is 17.5. The molecule has 0 saturated carbocycles. The molecule has 3 aliphatic heterocycles. The number of nitrogen functional groups attached to an aromatic ring is 1. The lowest BCUT2D eigenvalue weighted by Gasteiger charge is -2.76. The van der Waals surface area contributed by atoms with Gasteiger partial charge in [0.1, 0.15) is 74.0 Å². The molecule has 6 heterocycles. The second kappa shape index (κ2) is 11.4. The molecule has 3 aromatic rings. The van der Waals surface area contributed by atoms with Gasteiger partial charge in [-0.1, -0.05) is 0 Å². The van der Waals surface area contributed by atoms with E-state index in [4.69, 9.17) is 10.5 Å². The van der Waals surface area contributed by atoms with Crippen molar-refractivity contribution in [2.45, 2.75) is 40.2 Å². The summed E-state index contributed by atoms with van der Waals surface area (Å²) in [5.74, 6) is -2.24. The number of carbonyl (C=O) groups is 2. The molecule has 3 aromatic heterocycles. The van der Waals surface area contributed by atoms with E-state index in [0.29, 0.717) is 39.1 Å². The number of fused-ring (bicyclic) bond motifs is 1. The maximum atomic E-state index is 15.4. The van der Waals surface area contributed by atoms with E-state index in [-0.39, 0.29) is 56.9 Å². The number of anilines is 3. The normalized spacial score (nSPS) is 22.5. The number of rotatable bonds is 5. The Hall–Kier alpha value is -3.39. The zero-order valence-electron chi connectivity index (χ0n) is 28.4. The predicted octanol–water partition coefficient (Wildman–Crippen LogP) is -7.32. The second-order valence-corrected chi connectivity index (χ2v) is 15.0. The first-order valence-corrected chi connectivity index (χ1v) is 16.1. The number of aromatic nitrogens is 4. The summed E-state index contributed by atoms with van der Waals surface area (Å²) in [5, 5.41) is 4.97. The Labute approximate surface area is 279 Å². The molecule has 3 fully saturated rings. The number of nitrogens with one attached hydrogen (secondary N) is 1. The number of amides is 2. The van der Waals surface area contributed by atoms with Crippen molar-refractivity contribution in [3.63, 3.8) is 0 Å². The number of piperidine rings is 1. The Bertz CT molecular complexity index is 1720. The van der Waals surface area contributed by atoms with Gasteiger partial charge in [0.15, 0.2) is 23.1 Å². The fourth-order valence-electron chi connectivity index (χ4n) is 8.08. The van der Waals surface area contributed by atoms with Crippen molar-refractivity contribution in [1.29, 1.82) is 0 Å². The smallest absolute Gasteiger partial charge is 0.263 e. The third-order valence-corrected chi connectivity index (χ3v) is 11.5. The standard InChI is InChI=1S/C25H37B8F2N9O3/c26-22(27)24(30,31)44(25(32,33)23(28,29)43(22)13-9-47-10-13)21(46)11-1-3-41(4-2-11)17-14(35)6-37-7-15(17)39-20(45)16-18(36)40-42-8-12(34)5-38-19(16)42/h5-8,11,13H,1-4,9-10,26-33H2,(H2,36,40)(H,39,45). The maximum absolute atomic E-state index is 15.4. The fourth-order valence-corrected chi connectivity index (χ4v) is 8.08. The molecule has 3 aliphatic rings. The molecule has 0 spiro atoms. The number of ether oxygens (including phenoxy) is 1. The third-order valence-electron chi connectivity index (χ3n) is 11.5. The van der Waals surface area contributed by atoms with Gasteiger partial charge >= 0.3 is 0 Å². The highest BCUT2D eigenvalue weighted by Crippen LogP contribution is 2.46. The first-order valence-electron chi connectivity index (χ1n) is 16.1. The summed E-state index contributed by atoms with van der Waals surface area (Å²) in [4.78, 5) is 42.4. The van der Waals surface area contributed by atoms with Crippen LogP contribution in [-0.2, 0) is 9.53 Å². The topological polar surface area (TPSA) is 134 Å². The molecular formula is C25H37B8F2N9O3. The van der Waals surface area contributed by atoms with E-state index in [0.717, 1.165) is 23.1 Å². The molecular weight excluding hydrogens is 599 g/mol. The van der Waals surface area contributed by atoms with Crippen LogP contribution in [0.4, 0.5) is 26.0 Å². The number of piperazine rings is 1. The van der Waals surface area contributed by atoms with Gasteiger partial charge in [-0.05, 0) is 34.2 Å². The van der Waals surface area contributed by atoms with Crippen LogP contribution in [-0.4, -0.2) is 158 Å². The van der Waals surface area contributed by atoms with Crippen molar-refractivity contribution < 1.29 is 23.1 Å². The van der Waals surface area contributed by atoms with E-state index in [1.54, 1.807) is 0 Å². The van der Waals surface area contributed by atoms with Crippen molar-refractivity contribution >= 4 is 97.4 Å². The van der Waals surface area contributed by atoms with E-state index in [1.807, 2.05) is 4.90 Å². The Balaban J connectivity index is 1.22. The SMILES string of the molecule is BC1(B)N(C(=O)C2CCN(c3c(F)cncc3NC(=O)c3c(N)nn4cc(F)cnc34)CC2)C(B)(B)C(B)(B)N(C2COC2)C1(B)B. The van der Waals surface area contributed by atoms with Gasteiger partial charge in [-0.2, -0.15) is 0 Å². The first kappa shape index (κ1) is 33.5. The molecule has 47 heavy (non-hydrogen) atoms. The van der Waals surface area contributed by atoms with Crippen LogP contribution >= 0.6 is 0 Å². The Morgan fingerprint density at radius 2 is 1.55 bits per heavy atom. The molecule has 0 aromatic carbocycles. The molecule has 2 amide bonds. The Morgan fingerprint density at radius 3 is 2.13 bits per heavy atom. The van der Waals surface area contributed by atoms with Crippen LogP contribution in [0, 0.1) is 17.6 Å². The lowest BCUT2D eigenvalue weighted by Crippen LogP contribution is -2.94. The minimum Gasteiger partial charge on any atom is -0.381 e. The predicted molar refractivity (Wildman–Crippen MR) is 197 cm³/mol. The second-order valence-electron chi connectivity index (χ2n) is 15.0. The Kier molecular flexibility index (Phi) is 8.09. The summed E-state index contributed by atoms with van der Waals surface area (Å²) in [6.07, 6.45) is 5.50. The van der Waals surface area contributed by atoms with Crippen molar-refractivity contribution in [1.82, 2.24) is 29.4 Å². The number of halogens is 2. The van der Waals surface area contributed by atoms with Crippen LogP contribution in [0.5, 0.6) is 0 Å². The lowest BCUT2D eigenvalue weighted by atomic mass is 9.26. The molecule has 3 saturated heterocycles. The average molecular weight is 636 g/mol. The molecule has 22 heteroatoms. The van der Waals surface area contributed by atoms with Crippen LogP contribution in [0.1, 0.15) is 23.2 Å². The van der Waals surface area contributed by atoms with Gasteiger partial charge in [0, 0.05) is 19.0 Å². The van der Waals surface area contributed by atoms with Crippen LogP contribution in [0.2, 0.25) is 0 Å². The van der Waals surface area contributed by atoms with Crippen LogP contribution < -0.4 is 16.0 Å². The number of hydrogen-bond donors (Lipinski definition) is 2. The van der Waals surface area contributed by atoms with Gasteiger partial charge in [-0.15, -0.1) is 5.10 Å². The molecule has 0 radical (unpaired) electrons. The van der Waals surface area contributed by atoms with Gasteiger partial charge < -0.3 is 30.5 Å². The van der Waals surface area contributed by atoms with Gasteiger partial charge in [-0.25, -0.2) is 18.3 Å². The monoisotopic (exact) mass is 637 g/mol. The largest absolute Gasteiger partial charge is 0.381 e. The first-order chi connectivity index (χ1) is 21.9. The molecule has 238 valence electrons. The Morgan fingerprint density at radius 1 is 0.936 bits per heavy atom. The van der Waals surface area contributed by atoms with Gasteiger partial charge in [-0.3, -0.25) is 14.6 Å². The molecule has 0 atom stereocenters. The van der Waals surface area contributed by atoms with E-state index in [9.17, 15) is 14.0 Å². The zero-order valence-corrected chi connectivity index (χ0v) is 28.4. The van der Waals surface area contributed by atoms with E-state index >= 15 is 4.39 Å². The molecule has 0 unspecified atom stereocenters. The highest BCUT2D eigenvalue weighted by molar-refractivity contribution is 6.61. The van der Waals surface area contributed by atoms with E-state index < -0.39 is 28.2 Å². The van der Waals surface area contributed by atoms with Crippen LogP contribution in [0.3, 0.4) is 0 Å². The molecule has 0 aliphatic carbocycles. The molecule has 3 N–H and O–H groups in total. The summed E-state index contributed by atoms with van der Waals surface area (Å²) in [5.41, 5.74) is 6.29. The van der Waals surface area contributed by atoms with Crippen molar-refractivity contribution in [2.75, 3.05) is 42.3 Å². The quantitative estimate of drug-likeness (QED) is 0.262. The third kappa shape index (κ3) is 5.08. The number of carbonyl (C=O) groups excluding carboxylic acids is 2. The lowest BCUT2D eigenvalue weighted by molar-refractivity contribution is -0.159. The van der Waals surface area contributed by atoms with E-state index in [2.05, 4.69) is 93.0 Å². The van der Waals surface area contributed by atoms with Gasteiger partial charge in [0.2, 0.25) is 5.91 Å². The number of hydrogen-bond acceptors (Lipinski definition) is 9. The minimum absolute atomic E-state index is 0.0608. The van der Waals surface area contributed by atoms with Crippen LogP contribution in [0.15, 0.2) is 24.8 Å². The minimum atomic E-state index is -0.683. The van der Waals surface area contributed by atoms with Gasteiger partial charge in [0.05, 0.1) is 49.7 Å². The molecule has 0 bridgehead atoms. The average Bonchev–Trinajstić information content (AvgIpc) is 3.28. The number of nitrogens with two attached hydrogens (primary N) is 1. The van der Waals surface area contributed by atoms with E-state index in [1.165, 1.54) is 6.20 Å². The highest BCUT2D eigenvalue weighted by Gasteiger charge is 2.65. The maximum Gasteiger partial charge on any atom is 0.263 e. The zero-order chi connectivity index (χ0) is 34.3. The molecule has 12 nitrogen and oxygen atoms in total. The fraction of sp³-hybridized carbons (Fsp3) is 0.480. The van der Waals surface area contributed by atoms with Crippen LogP contribution in [0.25, 0.3) is 5.65 Å². The number of pyridine rings is 1. The highest BCUT2D eigenvalue weighted by atomic mass is 19.1. The summed E-state index contributed by atoms with van der Waals surface area (Å²) in [6.45, 7) is 2.16. The summed E-state index contributed by atoms with van der Waals surface area (Å²) < 4.78 is 35.8. The molecule has 6 rings (SSSR count). The van der Waals surface area contributed by atoms with Gasteiger partial charge in [0.25, 0.3) is 5.91 Å². The van der Waals surface area contributed by atoms with Crippen molar-refractivity contribution in [2.24, 2.45) is 5.92 Å².